The minimum atomic E-state index is 0.0586. The maximum Gasteiger partial charge on any atom is 0.263 e. The van der Waals surface area contributed by atoms with Gasteiger partial charge in [0.1, 0.15) is 4.83 Å². The van der Waals surface area contributed by atoms with E-state index in [0.29, 0.717) is 22.6 Å². The molecule has 4 rings (SSSR count). The van der Waals surface area contributed by atoms with Gasteiger partial charge in [-0.05, 0) is 53.9 Å². The monoisotopic (exact) mass is 398 g/mol. The number of thiophene rings is 1. The van der Waals surface area contributed by atoms with Gasteiger partial charge in [-0.1, -0.05) is 57.5 Å². The molecule has 0 radical (unpaired) electrons. The highest BCUT2D eigenvalue weighted by Crippen LogP contribution is 2.43. The highest BCUT2D eigenvalue weighted by molar-refractivity contribution is 7.71. The smallest absolute Gasteiger partial charge is 0.263 e. The molecule has 1 aliphatic rings. The van der Waals surface area contributed by atoms with Crippen LogP contribution in [-0.2, 0) is 19.4 Å². The van der Waals surface area contributed by atoms with Gasteiger partial charge in [-0.2, -0.15) is 0 Å². The summed E-state index contributed by atoms with van der Waals surface area (Å²) in [4.78, 5) is 19.0. The summed E-state index contributed by atoms with van der Waals surface area (Å²) in [5, 5.41) is 0.868. The first kappa shape index (κ1) is 18.6. The Morgan fingerprint density at radius 3 is 2.74 bits per heavy atom. The van der Waals surface area contributed by atoms with Crippen molar-refractivity contribution in [3.63, 3.8) is 0 Å². The third-order valence-electron chi connectivity index (χ3n) is 6.39. The minimum absolute atomic E-state index is 0.0586. The van der Waals surface area contributed by atoms with Gasteiger partial charge in [0, 0.05) is 4.88 Å². The summed E-state index contributed by atoms with van der Waals surface area (Å²) in [7, 11) is 0. The third kappa shape index (κ3) is 3.32. The van der Waals surface area contributed by atoms with Crippen molar-refractivity contribution < 1.29 is 0 Å². The van der Waals surface area contributed by atoms with Crippen LogP contribution >= 0.6 is 23.6 Å². The molecular formula is C22H26N2OS2. The molecule has 0 aliphatic heterocycles. The van der Waals surface area contributed by atoms with Crippen LogP contribution in [0.5, 0.6) is 0 Å². The first-order valence-electron chi connectivity index (χ1n) is 9.72. The summed E-state index contributed by atoms with van der Waals surface area (Å²) in [5.41, 5.74) is 2.75. The minimum Gasteiger partial charge on any atom is -0.323 e. The Balaban J connectivity index is 1.79. The molecule has 142 valence electrons. The summed E-state index contributed by atoms with van der Waals surface area (Å²) in [6, 6.07) is 10.0. The van der Waals surface area contributed by atoms with Crippen LogP contribution in [0.3, 0.4) is 0 Å². The first-order valence-corrected chi connectivity index (χ1v) is 10.9. The third-order valence-corrected chi connectivity index (χ3v) is 7.88. The molecule has 2 heterocycles. The van der Waals surface area contributed by atoms with Crippen LogP contribution in [0.4, 0.5) is 0 Å². The number of benzene rings is 1. The second-order valence-corrected chi connectivity index (χ2v) is 9.79. The number of hydrogen-bond acceptors (Lipinski definition) is 3. The van der Waals surface area contributed by atoms with Gasteiger partial charge in [0.25, 0.3) is 5.56 Å². The number of hydrogen-bond donors (Lipinski definition) is 1. The number of aromatic amines is 1. The quantitative estimate of drug-likeness (QED) is 0.572. The second-order valence-electron chi connectivity index (χ2n) is 8.30. The lowest BCUT2D eigenvalue weighted by atomic mass is 9.70. The van der Waals surface area contributed by atoms with Gasteiger partial charge in [-0.3, -0.25) is 9.36 Å². The summed E-state index contributed by atoms with van der Waals surface area (Å²) in [5.74, 6) is 0.678. The van der Waals surface area contributed by atoms with E-state index in [1.54, 1.807) is 15.9 Å². The Morgan fingerprint density at radius 1 is 1.30 bits per heavy atom. The molecular weight excluding hydrogens is 372 g/mol. The Morgan fingerprint density at radius 2 is 2.04 bits per heavy atom. The average molecular weight is 399 g/mol. The van der Waals surface area contributed by atoms with Gasteiger partial charge in [0.2, 0.25) is 0 Å². The number of nitrogens with one attached hydrogen (secondary N) is 1. The molecule has 0 bridgehead atoms. The van der Waals surface area contributed by atoms with Gasteiger partial charge >= 0.3 is 0 Å². The van der Waals surface area contributed by atoms with Crippen molar-refractivity contribution in [3.05, 3.63) is 61.5 Å². The SMILES string of the molecule is CCC(C)(C)[C@H]1CCc2c(sc3[nH]c(=S)n(Cc4ccccc4)c(=O)c23)C1. The Bertz CT molecular complexity index is 1090. The maximum absolute atomic E-state index is 13.3. The lowest BCUT2D eigenvalue weighted by Gasteiger charge is -2.36. The predicted octanol–water partition coefficient (Wildman–Crippen LogP) is 5.71. The fourth-order valence-electron chi connectivity index (χ4n) is 4.16. The van der Waals surface area contributed by atoms with Crippen molar-refractivity contribution >= 4 is 33.8 Å². The molecule has 1 aliphatic carbocycles. The zero-order chi connectivity index (χ0) is 19.2. The molecule has 1 aromatic carbocycles. The van der Waals surface area contributed by atoms with Gasteiger partial charge in [0.15, 0.2) is 4.77 Å². The van der Waals surface area contributed by atoms with Crippen LogP contribution in [0.1, 0.15) is 49.6 Å². The number of nitrogens with zero attached hydrogens (tertiary/aromatic N) is 1. The Hall–Kier alpha value is -1.72. The van der Waals surface area contributed by atoms with Gasteiger partial charge < -0.3 is 4.98 Å². The van der Waals surface area contributed by atoms with Crippen molar-refractivity contribution in [2.24, 2.45) is 11.3 Å². The standard InChI is InChI=1S/C22H26N2OS2/c1-4-22(2,3)15-10-11-16-17(12-15)27-19-18(16)20(25)24(21(26)23-19)13-14-8-6-5-7-9-14/h5-9,15H,4,10-13H2,1-3H3,(H,23,26)/t15-/m0/s1. The molecule has 0 saturated heterocycles. The molecule has 5 heteroatoms. The van der Waals surface area contributed by atoms with Crippen molar-refractivity contribution in [2.75, 3.05) is 0 Å². The first-order chi connectivity index (χ1) is 12.9. The highest BCUT2D eigenvalue weighted by Gasteiger charge is 2.33. The average Bonchev–Trinajstić information content (AvgIpc) is 3.03. The molecule has 0 saturated carbocycles. The molecule has 3 nitrogen and oxygen atoms in total. The lowest BCUT2D eigenvalue weighted by Crippen LogP contribution is -2.29. The molecule has 0 fully saturated rings. The number of rotatable bonds is 4. The molecule has 3 aromatic rings. The molecule has 1 N–H and O–H groups in total. The summed E-state index contributed by atoms with van der Waals surface area (Å²) >= 11 is 7.26. The summed E-state index contributed by atoms with van der Waals surface area (Å²) < 4.78 is 2.22. The molecule has 0 unspecified atom stereocenters. The van der Waals surface area contributed by atoms with E-state index in [1.165, 1.54) is 16.9 Å². The zero-order valence-electron chi connectivity index (χ0n) is 16.2. The Labute approximate surface area is 169 Å². The van der Waals surface area contributed by atoms with Crippen molar-refractivity contribution in [1.82, 2.24) is 9.55 Å². The summed E-state index contributed by atoms with van der Waals surface area (Å²) in [6.07, 6.45) is 4.42. The normalized spacial score (nSPS) is 17.2. The van der Waals surface area contributed by atoms with Crippen LogP contribution in [-0.4, -0.2) is 9.55 Å². The lowest BCUT2D eigenvalue weighted by molar-refractivity contribution is 0.184. The topological polar surface area (TPSA) is 37.8 Å². The van der Waals surface area contributed by atoms with Crippen LogP contribution in [0.15, 0.2) is 35.1 Å². The van der Waals surface area contributed by atoms with Gasteiger partial charge in [-0.15, -0.1) is 11.3 Å². The zero-order valence-corrected chi connectivity index (χ0v) is 17.8. The number of fused-ring (bicyclic) bond motifs is 3. The van der Waals surface area contributed by atoms with Crippen molar-refractivity contribution in [2.45, 2.75) is 53.0 Å². The Kier molecular flexibility index (Phi) is 4.85. The largest absolute Gasteiger partial charge is 0.323 e. The molecule has 1 atom stereocenters. The van der Waals surface area contributed by atoms with Crippen LogP contribution in [0.2, 0.25) is 0 Å². The van der Waals surface area contributed by atoms with E-state index < -0.39 is 0 Å². The van der Waals surface area contributed by atoms with Crippen molar-refractivity contribution in [3.8, 4) is 0 Å². The van der Waals surface area contributed by atoms with E-state index in [9.17, 15) is 4.79 Å². The molecule has 27 heavy (non-hydrogen) atoms. The van der Waals surface area contributed by atoms with Gasteiger partial charge in [0.05, 0.1) is 11.9 Å². The molecule has 2 aromatic heterocycles. The van der Waals surface area contributed by atoms with Crippen LogP contribution in [0.25, 0.3) is 10.2 Å². The van der Waals surface area contributed by atoms with Gasteiger partial charge in [-0.25, -0.2) is 0 Å². The maximum atomic E-state index is 13.3. The van der Waals surface area contributed by atoms with Crippen LogP contribution in [0, 0.1) is 16.1 Å². The second kappa shape index (κ2) is 7.02. The molecule has 0 spiro atoms. The predicted molar refractivity (Wildman–Crippen MR) is 116 cm³/mol. The van der Waals surface area contributed by atoms with Crippen molar-refractivity contribution in [1.29, 1.82) is 0 Å². The van der Waals surface area contributed by atoms with E-state index in [1.807, 2.05) is 30.3 Å². The number of H-pyrrole nitrogens is 1. The fourth-order valence-corrected chi connectivity index (χ4v) is 5.79. The summed E-state index contributed by atoms with van der Waals surface area (Å²) in [6.45, 7) is 7.54. The number of aromatic nitrogens is 2. The van der Waals surface area contributed by atoms with E-state index >= 15 is 0 Å². The van der Waals surface area contributed by atoms with E-state index in [0.717, 1.165) is 35.0 Å². The number of aryl methyl sites for hydroxylation is 1. The highest BCUT2D eigenvalue weighted by atomic mass is 32.1. The fraction of sp³-hybridized carbons (Fsp3) is 0.455. The van der Waals surface area contributed by atoms with Crippen LogP contribution < -0.4 is 5.56 Å². The van der Waals surface area contributed by atoms with E-state index in [2.05, 4.69) is 25.8 Å². The van der Waals surface area contributed by atoms with E-state index in [-0.39, 0.29) is 5.56 Å². The van der Waals surface area contributed by atoms with E-state index in [4.69, 9.17) is 12.2 Å². The molecule has 0 amide bonds.